The molecule has 0 unspecified atom stereocenters. The van der Waals surface area contributed by atoms with Gasteiger partial charge in [0, 0.05) is 61.3 Å². The zero-order valence-corrected chi connectivity index (χ0v) is 27.2. The van der Waals surface area contributed by atoms with Gasteiger partial charge < -0.3 is 10.2 Å². The fourth-order valence-corrected chi connectivity index (χ4v) is 5.32. The smallest absolute Gasteiger partial charge is 0.322 e. The zero-order valence-electron chi connectivity index (χ0n) is 27.2. The van der Waals surface area contributed by atoms with Gasteiger partial charge in [-0.25, -0.2) is 4.98 Å². The molecule has 1 aliphatic rings. The van der Waals surface area contributed by atoms with Gasteiger partial charge >= 0.3 is 6.18 Å². The number of hydrogen-bond acceptors (Lipinski definition) is 5. The highest BCUT2D eigenvalue weighted by molar-refractivity contribution is 6.04. The molecule has 1 fully saturated rings. The number of likely N-dealkylation sites (N-methyl/N-ethyl adjacent to an activating group) is 1. The number of H-pyrrole nitrogens is 1. The number of rotatable bonds is 8. The third-order valence-corrected chi connectivity index (χ3v) is 8.32. The van der Waals surface area contributed by atoms with Gasteiger partial charge in [0.1, 0.15) is 0 Å². The van der Waals surface area contributed by atoms with Gasteiger partial charge in [-0.1, -0.05) is 32.9 Å². The summed E-state index contributed by atoms with van der Waals surface area (Å²) in [7, 11) is 2.01. The Morgan fingerprint density at radius 1 is 1.02 bits per heavy atom. The maximum Gasteiger partial charge on any atom is 0.416 e. The Balaban J connectivity index is 0.000000318. The lowest BCUT2D eigenvalue weighted by molar-refractivity contribution is -0.138. The number of aryl methyl sites for hydroxylation is 4. The fraction of sp³-hybridized carbons (Fsp3) is 0.457. The number of nitrogens with one attached hydrogen (secondary N) is 2. The molecule has 0 radical (unpaired) electrons. The second kappa shape index (κ2) is 15.0. The number of pyridine rings is 1. The highest BCUT2D eigenvalue weighted by Crippen LogP contribution is 2.35. The van der Waals surface area contributed by atoms with E-state index in [1.54, 1.807) is 18.2 Å². The van der Waals surface area contributed by atoms with Crippen LogP contribution in [0.25, 0.3) is 11.0 Å². The number of hydrogen-bond donors (Lipinski definition) is 2. The van der Waals surface area contributed by atoms with Gasteiger partial charge in [0.25, 0.3) is 5.91 Å². The van der Waals surface area contributed by atoms with Crippen LogP contribution >= 0.6 is 0 Å². The van der Waals surface area contributed by atoms with Crippen LogP contribution in [0.2, 0.25) is 0 Å². The summed E-state index contributed by atoms with van der Waals surface area (Å²) in [5.74, 6) is 0.183. The molecule has 1 aliphatic heterocycles. The molecular formula is C35H45F3N6O. The molecule has 0 atom stereocenters. The van der Waals surface area contributed by atoms with Crippen LogP contribution in [0.15, 0.2) is 48.7 Å². The Labute approximate surface area is 264 Å². The number of aromatic amines is 1. The number of alkyl halides is 3. The molecule has 4 aromatic rings. The summed E-state index contributed by atoms with van der Waals surface area (Å²) >= 11 is 0. The van der Waals surface area contributed by atoms with Crippen LogP contribution in [-0.4, -0.2) is 64.1 Å². The van der Waals surface area contributed by atoms with Crippen molar-refractivity contribution < 1.29 is 18.0 Å². The van der Waals surface area contributed by atoms with E-state index >= 15 is 0 Å². The molecule has 242 valence electrons. The Bertz CT molecular complexity index is 1590. The number of fused-ring (bicyclic) bond motifs is 1. The van der Waals surface area contributed by atoms with Gasteiger partial charge in [-0.15, -0.1) is 0 Å². The first-order chi connectivity index (χ1) is 21.3. The monoisotopic (exact) mass is 622 g/mol. The molecule has 0 bridgehead atoms. The second-order valence-electron chi connectivity index (χ2n) is 12.4. The molecule has 2 aromatic carbocycles. The third kappa shape index (κ3) is 9.37. The molecule has 1 amide bonds. The topological polar surface area (TPSA) is 77.1 Å². The first kappa shape index (κ1) is 34.1. The lowest BCUT2D eigenvalue weighted by Crippen LogP contribution is -2.44. The fourth-order valence-electron chi connectivity index (χ4n) is 5.32. The normalized spacial score (nSPS) is 14.4. The second-order valence-corrected chi connectivity index (χ2v) is 12.4. The van der Waals surface area contributed by atoms with Crippen LogP contribution in [0, 0.1) is 19.8 Å². The standard InChI is InChI=1S/C26H34F3N3O.C9H11N3/c1-18(2)5-6-20-7-8-21(15-19(20)3)25(33)30-23-10-9-22(24(16-23)26(27,28)29)17-32-13-11-31(4)12-14-32;1-3-7-4-8-6(2)11-12-9(8)10-5-7/h7-10,15-16,18H,5-6,11-14,17H2,1-4H3,(H,30,33);4-5H,3H2,1-2H3,(H,10,11,12). The van der Waals surface area contributed by atoms with Crippen molar-refractivity contribution in [3.63, 3.8) is 0 Å². The molecule has 7 nitrogen and oxygen atoms in total. The van der Waals surface area contributed by atoms with Gasteiger partial charge in [0.05, 0.1) is 5.56 Å². The van der Waals surface area contributed by atoms with E-state index in [-0.39, 0.29) is 17.8 Å². The Kier molecular flexibility index (Phi) is 11.4. The van der Waals surface area contributed by atoms with E-state index in [1.165, 1.54) is 17.2 Å². The lowest BCUT2D eigenvalue weighted by atomic mass is 9.97. The maximum absolute atomic E-state index is 13.8. The van der Waals surface area contributed by atoms with E-state index in [0.717, 1.165) is 73.8 Å². The summed E-state index contributed by atoms with van der Waals surface area (Å²) in [5.41, 5.74) is 5.49. The molecule has 0 spiro atoms. The van der Waals surface area contributed by atoms with E-state index in [4.69, 9.17) is 0 Å². The SMILES string of the molecule is CCc1cnc2n[nH]c(C)c2c1.Cc1cc(C(=O)Nc2ccc(CN3CCN(C)CC3)c(C(F)(F)F)c2)ccc1CCC(C)C. The van der Waals surface area contributed by atoms with Gasteiger partial charge in [0.2, 0.25) is 0 Å². The average Bonchev–Trinajstić information content (AvgIpc) is 3.37. The summed E-state index contributed by atoms with van der Waals surface area (Å²) in [6, 6.07) is 11.7. The van der Waals surface area contributed by atoms with Crippen molar-refractivity contribution in [2.75, 3.05) is 38.5 Å². The molecular weight excluding hydrogens is 577 g/mol. The van der Waals surface area contributed by atoms with E-state index in [2.05, 4.69) is 52.2 Å². The largest absolute Gasteiger partial charge is 0.416 e. The van der Waals surface area contributed by atoms with E-state index in [1.807, 2.05) is 38.1 Å². The van der Waals surface area contributed by atoms with Crippen molar-refractivity contribution in [2.24, 2.45) is 5.92 Å². The van der Waals surface area contributed by atoms with Crippen molar-refractivity contribution >= 4 is 22.6 Å². The number of benzene rings is 2. The molecule has 2 aromatic heterocycles. The number of anilines is 1. The van der Waals surface area contributed by atoms with Crippen LogP contribution in [-0.2, 0) is 25.6 Å². The van der Waals surface area contributed by atoms with E-state index in [9.17, 15) is 18.0 Å². The van der Waals surface area contributed by atoms with Crippen LogP contribution in [0.4, 0.5) is 18.9 Å². The number of piperazine rings is 1. The number of amides is 1. The van der Waals surface area contributed by atoms with Crippen LogP contribution in [0.5, 0.6) is 0 Å². The zero-order chi connectivity index (χ0) is 32.7. The van der Waals surface area contributed by atoms with Crippen molar-refractivity contribution in [1.82, 2.24) is 25.0 Å². The van der Waals surface area contributed by atoms with Crippen molar-refractivity contribution in [3.05, 3.63) is 87.7 Å². The Hall–Kier alpha value is -3.76. The number of nitrogens with zero attached hydrogens (tertiary/aromatic N) is 4. The summed E-state index contributed by atoms with van der Waals surface area (Å²) in [5, 5.41) is 10.8. The minimum atomic E-state index is -4.49. The van der Waals surface area contributed by atoms with Gasteiger partial charge in [0.15, 0.2) is 5.65 Å². The van der Waals surface area contributed by atoms with Gasteiger partial charge in [-0.2, -0.15) is 18.3 Å². The van der Waals surface area contributed by atoms with E-state index < -0.39 is 17.6 Å². The van der Waals surface area contributed by atoms with Crippen LogP contribution in [0.1, 0.15) is 71.1 Å². The van der Waals surface area contributed by atoms with Crippen LogP contribution in [0.3, 0.4) is 0 Å². The predicted molar refractivity (Wildman–Crippen MR) is 175 cm³/mol. The maximum atomic E-state index is 13.8. The molecule has 5 rings (SSSR count). The molecule has 0 saturated carbocycles. The molecule has 45 heavy (non-hydrogen) atoms. The average molecular weight is 623 g/mol. The first-order valence-electron chi connectivity index (χ1n) is 15.7. The summed E-state index contributed by atoms with van der Waals surface area (Å²) in [4.78, 5) is 21.2. The number of aromatic nitrogens is 3. The van der Waals surface area contributed by atoms with Gasteiger partial charge in [-0.05, 0) is 98.7 Å². The molecule has 10 heteroatoms. The highest BCUT2D eigenvalue weighted by atomic mass is 19.4. The minimum Gasteiger partial charge on any atom is -0.322 e. The third-order valence-electron chi connectivity index (χ3n) is 8.32. The predicted octanol–water partition coefficient (Wildman–Crippen LogP) is 7.43. The number of halogens is 3. The first-order valence-corrected chi connectivity index (χ1v) is 15.7. The quantitative estimate of drug-likeness (QED) is 0.214. The number of carbonyl (C=O) groups excluding carboxylic acids is 1. The lowest BCUT2D eigenvalue weighted by Gasteiger charge is -2.33. The molecule has 3 heterocycles. The Morgan fingerprint density at radius 2 is 1.73 bits per heavy atom. The minimum absolute atomic E-state index is 0.149. The molecule has 2 N–H and O–H groups in total. The number of carbonyl (C=O) groups is 1. The van der Waals surface area contributed by atoms with Crippen LogP contribution < -0.4 is 5.32 Å². The summed E-state index contributed by atoms with van der Waals surface area (Å²) < 4.78 is 41.4. The summed E-state index contributed by atoms with van der Waals surface area (Å²) in [6.45, 7) is 13.8. The van der Waals surface area contributed by atoms with Gasteiger partial charge in [-0.3, -0.25) is 14.8 Å². The van der Waals surface area contributed by atoms with Crippen molar-refractivity contribution in [2.45, 2.75) is 66.6 Å². The Morgan fingerprint density at radius 3 is 2.38 bits per heavy atom. The molecule has 0 aliphatic carbocycles. The van der Waals surface area contributed by atoms with Crippen molar-refractivity contribution in [3.8, 4) is 0 Å². The highest BCUT2D eigenvalue weighted by Gasteiger charge is 2.34. The molecule has 1 saturated heterocycles. The van der Waals surface area contributed by atoms with E-state index in [0.29, 0.717) is 11.5 Å². The van der Waals surface area contributed by atoms with Crippen molar-refractivity contribution in [1.29, 1.82) is 0 Å². The summed E-state index contributed by atoms with van der Waals surface area (Å²) in [6.07, 6.45) is 0.412.